The summed E-state index contributed by atoms with van der Waals surface area (Å²) in [4.78, 5) is 8.37. The first-order valence-corrected chi connectivity index (χ1v) is 7.53. The topological polar surface area (TPSA) is 47.0 Å². The fourth-order valence-corrected chi connectivity index (χ4v) is 2.23. The summed E-state index contributed by atoms with van der Waals surface area (Å²) < 4.78 is 5.67. The quantitative estimate of drug-likeness (QED) is 0.809. The summed E-state index contributed by atoms with van der Waals surface area (Å²) in [6.07, 6.45) is 9.25. The average molecular weight is 285 g/mol. The maximum Gasteiger partial charge on any atom is 0.137 e. The third kappa shape index (κ3) is 4.83. The Morgan fingerprint density at radius 1 is 1.14 bits per heavy atom. The van der Waals surface area contributed by atoms with Gasteiger partial charge in [0.1, 0.15) is 5.75 Å². The van der Waals surface area contributed by atoms with E-state index in [1.54, 1.807) is 6.20 Å². The van der Waals surface area contributed by atoms with E-state index in [4.69, 9.17) is 4.74 Å². The molecule has 2 rings (SSSR count). The van der Waals surface area contributed by atoms with Gasteiger partial charge >= 0.3 is 0 Å². The smallest absolute Gasteiger partial charge is 0.137 e. The van der Waals surface area contributed by atoms with E-state index in [9.17, 15) is 0 Å². The third-order valence-corrected chi connectivity index (χ3v) is 3.25. The molecule has 1 N–H and O–H groups in total. The number of hydrogen-bond acceptors (Lipinski definition) is 4. The van der Waals surface area contributed by atoms with Crippen LogP contribution in [-0.2, 0) is 6.42 Å². The summed E-state index contributed by atoms with van der Waals surface area (Å²) in [6.45, 7) is 5.85. The average Bonchev–Trinajstić information content (AvgIpc) is 2.54. The minimum atomic E-state index is 0.232. The minimum Gasteiger partial charge on any atom is -0.492 e. The van der Waals surface area contributed by atoms with E-state index in [0.717, 1.165) is 37.3 Å². The van der Waals surface area contributed by atoms with Crippen molar-refractivity contribution < 1.29 is 4.74 Å². The maximum atomic E-state index is 5.67. The van der Waals surface area contributed by atoms with Gasteiger partial charge in [-0.3, -0.25) is 9.97 Å². The Bertz CT molecular complexity index is 531. The van der Waals surface area contributed by atoms with Crippen LogP contribution in [0.3, 0.4) is 0 Å². The first-order valence-electron chi connectivity index (χ1n) is 7.53. The van der Waals surface area contributed by atoms with Gasteiger partial charge < -0.3 is 10.1 Å². The predicted octanol–water partition coefficient (Wildman–Crippen LogP) is 3.16. The zero-order chi connectivity index (χ0) is 14.9. The molecule has 1 atom stereocenters. The molecule has 1 unspecified atom stereocenters. The van der Waals surface area contributed by atoms with E-state index in [1.807, 2.05) is 18.6 Å². The van der Waals surface area contributed by atoms with Crippen molar-refractivity contribution in [2.24, 2.45) is 0 Å². The van der Waals surface area contributed by atoms with Gasteiger partial charge in [0.05, 0.1) is 12.8 Å². The molecule has 112 valence electrons. The molecule has 2 heterocycles. The van der Waals surface area contributed by atoms with Crippen LogP contribution in [0.2, 0.25) is 0 Å². The number of nitrogens with zero attached hydrogens (tertiary/aromatic N) is 2. The molecule has 0 aromatic carbocycles. The van der Waals surface area contributed by atoms with Gasteiger partial charge in [-0.25, -0.2) is 0 Å². The molecule has 0 saturated heterocycles. The summed E-state index contributed by atoms with van der Waals surface area (Å²) >= 11 is 0. The van der Waals surface area contributed by atoms with Crippen LogP contribution in [0.25, 0.3) is 0 Å². The van der Waals surface area contributed by atoms with Gasteiger partial charge in [0.2, 0.25) is 0 Å². The van der Waals surface area contributed by atoms with Crippen molar-refractivity contribution >= 4 is 0 Å². The lowest BCUT2D eigenvalue weighted by molar-refractivity contribution is 0.315. The molecular weight excluding hydrogens is 262 g/mol. The molecule has 0 spiro atoms. The van der Waals surface area contributed by atoms with Crippen molar-refractivity contribution in [3.05, 3.63) is 54.1 Å². The van der Waals surface area contributed by atoms with Crippen molar-refractivity contribution in [2.45, 2.75) is 32.7 Å². The molecule has 21 heavy (non-hydrogen) atoms. The van der Waals surface area contributed by atoms with Crippen LogP contribution >= 0.6 is 0 Å². The van der Waals surface area contributed by atoms with Crippen LogP contribution in [0.4, 0.5) is 0 Å². The lowest BCUT2D eigenvalue weighted by Gasteiger charge is -2.19. The summed E-state index contributed by atoms with van der Waals surface area (Å²) in [5, 5.41) is 3.51. The number of nitrogens with one attached hydrogen (secondary N) is 1. The largest absolute Gasteiger partial charge is 0.492 e. The van der Waals surface area contributed by atoms with E-state index in [2.05, 4.69) is 47.3 Å². The molecule has 0 aliphatic heterocycles. The third-order valence-electron chi connectivity index (χ3n) is 3.25. The SMILES string of the molecule is CCCOc1cncc(C(Cc2ccncc2)NCC)c1. The number of aromatic nitrogens is 2. The molecule has 0 aliphatic carbocycles. The second kappa shape index (κ2) is 8.37. The Morgan fingerprint density at radius 3 is 2.67 bits per heavy atom. The molecule has 0 aliphatic rings. The molecule has 2 aromatic heterocycles. The van der Waals surface area contributed by atoms with Gasteiger partial charge in [-0.15, -0.1) is 0 Å². The highest BCUT2D eigenvalue weighted by atomic mass is 16.5. The van der Waals surface area contributed by atoms with E-state index in [-0.39, 0.29) is 6.04 Å². The standard InChI is InChI=1S/C17H23N3O/c1-3-9-21-16-11-15(12-19-13-16)17(20-4-2)10-14-5-7-18-8-6-14/h5-8,11-13,17,20H,3-4,9-10H2,1-2H3. The van der Waals surface area contributed by atoms with Crippen LogP contribution in [0, 0.1) is 0 Å². The molecule has 0 bridgehead atoms. The van der Waals surface area contributed by atoms with Crippen LogP contribution in [0.5, 0.6) is 5.75 Å². The van der Waals surface area contributed by atoms with Gasteiger partial charge in [-0.2, -0.15) is 0 Å². The lowest BCUT2D eigenvalue weighted by atomic mass is 10.0. The maximum absolute atomic E-state index is 5.67. The van der Waals surface area contributed by atoms with Crippen molar-refractivity contribution in [1.29, 1.82) is 0 Å². The van der Waals surface area contributed by atoms with Crippen LogP contribution < -0.4 is 10.1 Å². The molecule has 4 heteroatoms. The second-order valence-electron chi connectivity index (χ2n) is 4.97. The van der Waals surface area contributed by atoms with E-state index in [1.165, 1.54) is 5.56 Å². The predicted molar refractivity (Wildman–Crippen MR) is 84.4 cm³/mol. The second-order valence-corrected chi connectivity index (χ2v) is 4.97. The zero-order valence-electron chi connectivity index (χ0n) is 12.7. The van der Waals surface area contributed by atoms with Crippen molar-refractivity contribution in [3.8, 4) is 5.75 Å². The number of ether oxygens (including phenoxy) is 1. The highest BCUT2D eigenvalue weighted by Crippen LogP contribution is 2.21. The first-order chi connectivity index (χ1) is 10.3. The van der Waals surface area contributed by atoms with Gasteiger partial charge in [0.15, 0.2) is 0 Å². The number of hydrogen-bond donors (Lipinski definition) is 1. The first kappa shape index (κ1) is 15.4. The molecule has 0 radical (unpaired) electrons. The molecule has 0 amide bonds. The number of likely N-dealkylation sites (N-methyl/N-ethyl adjacent to an activating group) is 1. The Morgan fingerprint density at radius 2 is 1.95 bits per heavy atom. The van der Waals surface area contributed by atoms with Crippen LogP contribution in [-0.4, -0.2) is 23.1 Å². The summed E-state index contributed by atoms with van der Waals surface area (Å²) in [5.41, 5.74) is 2.41. The highest BCUT2D eigenvalue weighted by Gasteiger charge is 2.12. The van der Waals surface area contributed by atoms with Crippen molar-refractivity contribution in [2.75, 3.05) is 13.2 Å². The van der Waals surface area contributed by atoms with E-state index < -0.39 is 0 Å². The summed E-state index contributed by atoms with van der Waals surface area (Å²) in [7, 11) is 0. The van der Waals surface area contributed by atoms with Crippen molar-refractivity contribution in [3.63, 3.8) is 0 Å². The lowest BCUT2D eigenvalue weighted by Crippen LogP contribution is -2.23. The Hall–Kier alpha value is -1.94. The summed E-state index contributed by atoms with van der Waals surface area (Å²) in [6, 6.07) is 6.41. The van der Waals surface area contributed by atoms with Gasteiger partial charge in [-0.1, -0.05) is 13.8 Å². The minimum absolute atomic E-state index is 0.232. The highest BCUT2D eigenvalue weighted by molar-refractivity contribution is 5.27. The molecule has 2 aromatic rings. The van der Waals surface area contributed by atoms with Gasteiger partial charge in [0.25, 0.3) is 0 Å². The fourth-order valence-electron chi connectivity index (χ4n) is 2.23. The number of pyridine rings is 2. The molecule has 4 nitrogen and oxygen atoms in total. The van der Waals surface area contributed by atoms with E-state index in [0.29, 0.717) is 0 Å². The van der Waals surface area contributed by atoms with Gasteiger partial charge in [-0.05, 0) is 48.7 Å². The summed E-state index contributed by atoms with van der Waals surface area (Å²) in [5.74, 6) is 0.840. The van der Waals surface area contributed by atoms with Gasteiger partial charge in [0, 0.05) is 24.6 Å². The fraction of sp³-hybridized carbons (Fsp3) is 0.412. The molecule has 0 saturated carbocycles. The number of rotatable bonds is 8. The normalized spacial score (nSPS) is 12.1. The molecule has 0 fully saturated rings. The zero-order valence-corrected chi connectivity index (χ0v) is 12.7. The Kier molecular flexibility index (Phi) is 6.16. The Labute approximate surface area is 126 Å². The Balaban J connectivity index is 2.13. The van der Waals surface area contributed by atoms with E-state index >= 15 is 0 Å². The van der Waals surface area contributed by atoms with Crippen LogP contribution in [0.1, 0.15) is 37.4 Å². The molecular formula is C17H23N3O. The van der Waals surface area contributed by atoms with Crippen LogP contribution in [0.15, 0.2) is 43.0 Å². The monoisotopic (exact) mass is 285 g/mol. The van der Waals surface area contributed by atoms with Crippen molar-refractivity contribution in [1.82, 2.24) is 15.3 Å².